The monoisotopic (exact) mass is 427 g/mol. The Morgan fingerprint density at radius 2 is 1.87 bits per heavy atom. The summed E-state index contributed by atoms with van der Waals surface area (Å²) in [6.07, 6.45) is -0.242. The van der Waals surface area contributed by atoms with E-state index >= 15 is 0 Å². The quantitative estimate of drug-likeness (QED) is 0.466. The third kappa shape index (κ3) is 5.20. The number of amides is 1. The number of aliphatic hydroxyl groups is 1. The van der Waals surface area contributed by atoms with Crippen molar-refractivity contribution < 1.29 is 14.6 Å². The Morgan fingerprint density at radius 1 is 1.17 bits per heavy atom. The molecule has 0 unspecified atom stereocenters. The number of nitrogens with one attached hydrogen (secondary N) is 3. The second-order valence-electron chi connectivity index (χ2n) is 6.78. The highest BCUT2D eigenvalue weighted by molar-refractivity contribution is 6.30. The molecule has 30 heavy (non-hydrogen) atoms. The standard InChI is InChI=1S/C22H22ClN3O4/c1-13-5-3-6-14(2)19(13)26-22(29)30-20-17(9-10-24-21(20)28)25-12-18(27)15-7-4-8-16(23)11-15/h3-11,18,27H,12H2,1-2H3,(H,26,29)(H2,24,25,28)/t18-/m1/s1. The fourth-order valence-corrected chi connectivity index (χ4v) is 3.17. The van der Waals surface area contributed by atoms with E-state index in [-0.39, 0.29) is 18.0 Å². The number of aliphatic hydroxyl groups excluding tert-OH is 1. The number of aromatic nitrogens is 1. The summed E-state index contributed by atoms with van der Waals surface area (Å²) >= 11 is 5.96. The fraction of sp³-hybridized carbons (Fsp3) is 0.182. The molecule has 1 aromatic heterocycles. The Kier molecular flexibility index (Phi) is 6.76. The highest BCUT2D eigenvalue weighted by Gasteiger charge is 2.16. The molecule has 0 radical (unpaired) electrons. The summed E-state index contributed by atoms with van der Waals surface area (Å²) in [5.74, 6) is -0.195. The highest BCUT2D eigenvalue weighted by Crippen LogP contribution is 2.24. The number of halogens is 1. The van der Waals surface area contributed by atoms with Crippen molar-refractivity contribution >= 4 is 29.1 Å². The molecule has 0 fully saturated rings. The molecule has 4 N–H and O–H groups in total. The molecule has 1 heterocycles. The van der Waals surface area contributed by atoms with E-state index in [4.69, 9.17) is 16.3 Å². The summed E-state index contributed by atoms with van der Waals surface area (Å²) in [5.41, 5.74) is 2.69. The molecule has 3 aromatic rings. The van der Waals surface area contributed by atoms with Gasteiger partial charge in [0, 0.05) is 23.5 Å². The minimum absolute atomic E-state index is 0.0820. The van der Waals surface area contributed by atoms with Crippen molar-refractivity contribution in [3.63, 3.8) is 0 Å². The molecule has 0 spiro atoms. The third-order valence-corrected chi connectivity index (χ3v) is 4.77. The van der Waals surface area contributed by atoms with Crippen LogP contribution in [0.25, 0.3) is 0 Å². The number of benzene rings is 2. The van der Waals surface area contributed by atoms with Crippen LogP contribution in [0.4, 0.5) is 16.2 Å². The number of ether oxygens (including phenoxy) is 1. The van der Waals surface area contributed by atoms with E-state index in [1.54, 1.807) is 30.3 Å². The molecule has 8 heteroatoms. The van der Waals surface area contributed by atoms with Gasteiger partial charge < -0.3 is 20.1 Å². The normalized spacial score (nSPS) is 11.6. The van der Waals surface area contributed by atoms with Crippen LogP contribution >= 0.6 is 11.6 Å². The molecule has 7 nitrogen and oxygen atoms in total. The molecule has 3 rings (SSSR count). The summed E-state index contributed by atoms with van der Waals surface area (Å²) in [5, 5.41) is 16.5. The van der Waals surface area contributed by atoms with Gasteiger partial charge in [-0.25, -0.2) is 4.79 Å². The number of hydrogen-bond donors (Lipinski definition) is 4. The molecule has 0 bridgehead atoms. The van der Waals surface area contributed by atoms with Gasteiger partial charge in [-0.05, 0) is 48.7 Å². The van der Waals surface area contributed by atoms with Gasteiger partial charge in [0.25, 0.3) is 5.56 Å². The highest BCUT2D eigenvalue weighted by atomic mass is 35.5. The Balaban J connectivity index is 1.73. The van der Waals surface area contributed by atoms with Gasteiger partial charge in [0.05, 0.1) is 11.8 Å². The van der Waals surface area contributed by atoms with Crippen LogP contribution in [0.5, 0.6) is 5.75 Å². The van der Waals surface area contributed by atoms with Crippen molar-refractivity contribution in [1.29, 1.82) is 0 Å². The van der Waals surface area contributed by atoms with Gasteiger partial charge in [0.15, 0.2) is 0 Å². The van der Waals surface area contributed by atoms with Gasteiger partial charge in [0.1, 0.15) is 0 Å². The molecule has 2 aromatic carbocycles. The molecule has 1 amide bonds. The zero-order valence-electron chi connectivity index (χ0n) is 16.5. The van der Waals surface area contributed by atoms with Crippen molar-refractivity contribution in [3.05, 3.63) is 86.8 Å². The van der Waals surface area contributed by atoms with Crippen molar-refractivity contribution in [2.75, 3.05) is 17.2 Å². The number of aryl methyl sites for hydroxylation is 2. The minimum atomic E-state index is -0.876. The van der Waals surface area contributed by atoms with Crippen LogP contribution in [0.3, 0.4) is 0 Å². The zero-order chi connectivity index (χ0) is 21.7. The topological polar surface area (TPSA) is 103 Å². The molecule has 0 saturated heterocycles. The van der Waals surface area contributed by atoms with E-state index in [0.717, 1.165) is 11.1 Å². The van der Waals surface area contributed by atoms with Gasteiger partial charge in [-0.3, -0.25) is 10.1 Å². The van der Waals surface area contributed by atoms with Crippen LogP contribution in [-0.2, 0) is 0 Å². The first kappa shape index (κ1) is 21.4. The molecule has 156 valence electrons. The Hall–Kier alpha value is -3.29. The Bertz CT molecular complexity index is 1090. The predicted molar refractivity (Wildman–Crippen MR) is 118 cm³/mol. The average molecular weight is 428 g/mol. The summed E-state index contributed by atoms with van der Waals surface area (Å²) in [4.78, 5) is 27.1. The average Bonchev–Trinajstić information content (AvgIpc) is 2.71. The van der Waals surface area contributed by atoms with Crippen molar-refractivity contribution in [1.82, 2.24) is 4.98 Å². The number of carbonyl (C=O) groups is 1. The predicted octanol–water partition coefficient (Wildman–Crippen LogP) is 4.40. The molecule has 0 aliphatic rings. The maximum atomic E-state index is 12.4. The Labute approximate surface area is 178 Å². The van der Waals surface area contributed by atoms with Crippen molar-refractivity contribution in [3.8, 4) is 5.75 Å². The molecule has 0 aliphatic heterocycles. The number of hydrogen-bond acceptors (Lipinski definition) is 5. The first-order valence-electron chi connectivity index (χ1n) is 9.29. The van der Waals surface area contributed by atoms with E-state index in [2.05, 4.69) is 15.6 Å². The van der Waals surface area contributed by atoms with Crippen LogP contribution in [0.1, 0.15) is 22.8 Å². The lowest BCUT2D eigenvalue weighted by atomic mass is 10.1. The van der Waals surface area contributed by atoms with Crippen LogP contribution in [0, 0.1) is 13.8 Å². The van der Waals surface area contributed by atoms with Gasteiger partial charge in [0.2, 0.25) is 5.75 Å². The summed E-state index contributed by atoms with van der Waals surface area (Å²) in [6, 6.07) is 14.0. The minimum Gasteiger partial charge on any atom is -0.402 e. The van der Waals surface area contributed by atoms with Crippen LogP contribution in [-0.4, -0.2) is 22.7 Å². The summed E-state index contributed by atoms with van der Waals surface area (Å²) in [7, 11) is 0. The second-order valence-corrected chi connectivity index (χ2v) is 7.22. The SMILES string of the molecule is Cc1cccc(C)c1NC(=O)Oc1c(NC[C@@H](O)c2cccc(Cl)c2)cc[nH]c1=O. The van der Waals surface area contributed by atoms with Crippen molar-refractivity contribution in [2.45, 2.75) is 20.0 Å². The van der Waals surface area contributed by atoms with Gasteiger partial charge >= 0.3 is 6.09 Å². The third-order valence-electron chi connectivity index (χ3n) is 4.54. The maximum absolute atomic E-state index is 12.4. The molecule has 0 aliphatic carbocycles. The lowest BCUT2D eigenvalue weighted by Gasteiger charge is -2.16. The van der Waals surface area contributed by atoms with Crippen molar-refractivity contribution in [2.24, 2.45) is 0 Å². The van der Waals surface area contributed by atoms with Crippen LogP contribution < -0.4 is 20.9 Å². The first-order chi connectivity index (χ1) is 14.3. The number of anilines is 2. The number of aromatic amines is 1. The molecule has 0 saturated carbocycles. The first-order valence-corrected chi connectivity index (χ1v) is 9.67. The van der Waals surface area contributed by atoms with Gasteiger partial charge in [-0.15, -0.1) is 0 Å². The fourth-order valence-electron chi connectivity index (χ4n) is 2.98. The van der Waals surface area contributed by atoms with E-state index in [9.17, 15) is 14.7 Å². The molecule has 1 atom stereocenters. The van der Waals surface area contributed by atoms with E-state index in [1.165, 1.54) is 6.20 Å². The van der Waals surface area contributed by atoms with Gasteiger partial charge in [-0.1, -0.05) is 41.9 Å². The zero-order valence-corrected chi connectivity index (χ0v) is 17.3. The number of para-hydroxylation sites is 1. The van der Waals surface area contributed by atoms with Crippen LogP contribution in [0.2, 0.25) is 5.02 Å². The number of pyridine rings is 1. The number of carbonyl (C=O) groups excluding carboxylic acids is 1. The lowest BCUT2D eigenvalue weighted by molar-refractivity contribution is 0.191. The van der Waals surface area contributed by atoms with Gasteiger partial charge in [-0.2, -0.15) is 0 Å². The smallest absolute Gasteiger partial charge is 0.402 e. The molecular formula is C22H22ClN3O4. The van der Waals surface area contributed by atoms with E-state index in [1.807, 2.05) is 32.0 Å². The lowest BCUT2D eigenvalue weighted by Crippen LogP contribution is -2.24. The van der Waals surface area contributed by atoms with Crippen LogP contribution in [0.15, 0.2) is 59.5 Å². The Morgan fingerprint density at radius 3 is 2.57 bits per heavy atom. The summed E-state index contributed by atoms with van der Waals surface area (Å²) < 4.78 is 5.29. The van der Waals surface area contributed by atoms with E-state index < -0.39 is 17.8 Å². The maximum Gasteiger partial charge on any atom is 0.417 e. The number of H-pyrrole nitrogens is 1. The molecular weight excluding hydrogens is 406 g/mol. The summed E-state index contributed by atoms with van der Waals surface area (Å²) in [6.45, 7) is 3.81. The van der Waals surface area contributed by atoms with E-state index in [0.29, 0.717) is 16.3 Å². The second kappa shape index (κ2) is 9.47. The largest absolute Gasteiger partial charge is 0.417 e. The number of rotatable bonds is 6.